The van der Waals surface area contributed by atoms with Gasteiger partial charge in [0.25, 0.3) is 0 Å². The molecule has 0 saturated carbocycles. The van der Waals surface area contributed by atoms with E-state index in [9.17, 15) is 18.6 Å². The third-order valence-corrected chi connectivity index (χ3v) is 7.05. The molecular formula is C16H29O8P3. The molecule has 27 heavy (non-hydrogen) atoms. The molecule has 156 valence electrons. The van der Waals surface area contributed by atoms with Gasteiger partial charge in [0.05, 0.1) is 0 Å². The van der Waals surface area contributed by atoms with E-state index in [2.05, 4.69) is 41.5 Å². The maximum Gasteiger partial charge on any atom is 0.486 e. The van der Waals surface area contributed by atoms with E-state index >= 15 is 0 Å². The van der Waals surface area contributed by atoms with Crippen LogP contribution in [-0.4, -0.2) is 14.7 Å². The summed E-state index contributed by atoms with van der Waals surface area (Å²) in [4.78, 5) is 27.0. The molecule has 0 aliphatic carbocycles. The Morgan fingerprint density at radius 2 is 1.56 bits per heavy atom. The van der Waals surface area contributed by atoms with E-state index in [4.69, 9.17) is 9.79 Å². The fourth-order valence-electron chi connectivity index (χ4n) is 1.93. The molecule has 3 N–H and O–H groups in total. The van der Waals surface area contributed by atoms with Crippen LogP contribution in [0.3, 0.4) is 0 Å². The Morgan fingerprint density at radius 1 is 1.00 bits per heavy atom. The van der Waals surface area contributed by atoms with Gasteiger partial charge in [-0.25, -0.2) is 13.2 Å². The summed E-state index contributed by atoms with van der Waals surface area (Å²) in [6.07, 6.45) is 10.7. The van der Waals surface area contributed by atoms with Gasteiger partial charge < -0.3 is 14.7 Å². The fraction of sp³-hybridized carbons (Fsp3) is 0.500. The van der Waals surface area contributed by atoms with Crippen molar-refractivity contribution in [2.75, 3.05) is 0 Å². The van der Waals surface area contributed by atoms with Crippen LogP contribution in [-0.2, 0) is 22.3 Å². The Labute approximate surface area is 161 Å². The van der Waals surface area contributed by atoms with Crippen molar-refractivity contribution < 1.29 is 37.0 Å². The van der Waals surface area contributed by atoms with Gasteiger partial charge in [-0.05, 0) is 53.4 Å². The third-order valence-electron chi connectivity index (χ3n) is 3.19. The van der Waals surface area contributed by atoms with Crippen LogP contribution in [0, 0.1) is 0 Å². The lowest BCUT2D eigenvalue weighted by Crippen LogP contribution is -1.87. The first-order valence-electron chi connectivity index (χ1n) is 8.26. The minimum Gasteiger partial charge on any atom is -0.326 e. The minimum absolute atomic E-state index is 0.706. The third kappa shape index (κ3) is 16.1. The molecule has 0 aliphatic rings. The van der Waals surface area contributed by atoms with Crippen molar-refractivity contribution in [1.29, 1.82) is 0 Å². The lowest BCUT2D eigenvalue weighted by atomic mass is 10.1. The molecule has 0 amide bonds. The Hall–Kier alpha value is -0.550. The highest BCUT2D eigenvalue weighted by atomic mass is 31.3. The van der Waals surface area contributed by atoms with Crippen molar-refractivity contribution in [2.24, 2.45) is 0 Å². The first-order valence-corrected chi connectivity index (χ1v) is 12.7. The predicted molar refractivity (Wildman–Crippen MR) is 108 cm³/mol. The highest BCUT2D eigenvalue weighted by molar-refractivity contribution is 7.68. The summed E-state index contributed by atoms with van der Waals surface area (Å²) in [5.74, 6) is 0.706. The van der Waals surface area contributed by atoms with Crippen LogP contribution in [0.1, 0.15) is 53.4 Å². The van der Waals surface area contributed by atoms with E-state index in [0.717, 1.165) is 31.3 Å². The van der Waals surface area contributed by atoms with Gasteiger partial charge in [0, 0.05) is 5.82 Å². The first kappa shape index (κ1) is 26.4. The molecular weight excluding hydrogens is 413 g/mol. The molecule has 8 nitrogen and oxygen atoms in total. The molecule has 0 bridgehead atoms. The maximum absolute atomic E-state index is 11.7. The fourth-order valence-corrected chi connectivity index (χ4v) is 4.85. The van der Waals surface area contributed by atoms with E-state index in [0.29, 0.717) is 5.82 Å². The van der Waals surface area contributed by atoms with Crippen molar-refractivity contribution in [3.05, 3.63) is 46.8 Å². The van der Waals surface area contributed by atoms with Crippen molar-refractivity contribution in [1.82, 2.24) is 0 Å². The number of allylic oxidation sites excluding steroid dienone is 7. The van der Waals surface area contributed by atoms with Crippen LogP contribution in [0.2, 0.25) is 0 Å². The van der Waals surface area contributed by atoms with Crippen LogP contribution in [0.15, 0.2) is 46.8 Å². The van der Waals surface area contributed by atoms with Crippen LogP contribution < -0.4 is 0 Å². The molecule has 0 heterocycles. The number of rotatable bonds is 12. The molecule has 0 aromatic rings. The molecule has 0 aromatic carbocycles. The molecule has 11 heteroatoms. The zero-order chi connectivity index (χ0) is 21.1. The van der Waals surface area contributed by atoms with Crippen LogP contribution in [0.25, 0.3) is 0 Å². The van der Waals surface area contributed by atoms with Crippen LogP contribution in [0.5, 0.6) is 0 Å². The Bertz CT molecular complexity index is 717. The smallest absolute Gasteiger partial charge is 0.326 e. The molecule has 0 aliphatic heterocycles. The molecule has 0 spiro atoms. The predicted octanol–water partition coefficient (Wildman–Crippen LogP) is 5.62. The van der Waals surface area contributed by atoms with Gasteiger partial charge in [0.2, 0.25) is 0 Å². The maximum atomic E-state index is 11.7. The summed E-state index contributed by atoms with van der Waals surface area (Å²) < 4.78 is 41.0. The average molecular weight is 442 g/mol. The average Bonchev–Trinajstić information content (AvgIpc) is 2.43. The lowest BCUT2D eigenvalue weighted by molar-refractivity contribution is 0.266. The van der Waals surface area contributed by atoms with E-state index in [1.165, 1.54) is 17.2 Å². The largest absolute Gasteiger partial charge is 0.486 e. The quantitative estimate of drug-likeness (QED) is 0.202. The Balaban J connectivity index is 4.54. The molecule has 3 atom stereocenters. The lowest BCUT2D eigenvalue weighted by Gasteiger charge is -2.11. The van der Waals surface area contributed by atoms with Gasteiger partial charge in [-0.2, -0.15) is 0 Å². The van der Waals surface area contributed by atoms with Gasteiger partial charge in [-0.15, -0.1) is 0 Å². The van der Waals surface area contributed by atoms with Gasteiger partial charge in [-0.3, -0.25) is 9.13 Å². The minimum atomic E-state index is -5.09. The zero-order valence-corrected chi connectivity index (χ0v) is 18.8. The topological polar surface area (TPSA) is 130 Å². The molecule has 0 fully saturated rings. The SMILES string of the molecule is CC(C)=CCC/C(C)=C/CC/C(C)=C/C=C/P(=O)(O)OP(=O)(O)O[PH](=O)O. The second-order valence-corrected chi connectivity index (χ2v) is 10.5. The summed E-state index contributed by atoms with van der Waals surface area (Å²) in [5, 5.41) is 0. The summed E-state index contributed by atoms with van der Waals surface area (Å²) >= 11 is 0. The molecule has 3 unspecified atom stereocenters. The number of phosphoric acid groups is 1. The monoisotopic (exact) mass is 442 g/mol. The van der Waals surface area contributed by atoms with E-state index < -0.39 is 23.7 Å². The number of hydrogen-bond donors (Lipinski definition) is 3. The van der Waals surface area contributed by atoms with E-state index in [1.54, 1.807) is 6.08 Å². The molecule has 0 aromatic heterocycles. The van der Waals surface area contributed by atoms with Crippen LogP contribution >= 0.6 is 23.7 Å². The molecule has 0 saturated heterocycles. The summed E-state index contributed by atoms with van der Waals surface area (Å²) in [5.41, 5.74) is 3.53. The molecule has 0 radical (unpaired) electrons. The zero-order valence-electron chi connectivity index (χ0n) is 16.0. The van der Waals surface area contributed by atoms with Crippen molar-refractivity contribution in [3.63, 3.8) is 0 Å². The van der Waals surface area contributed by atoms with Gasteiger partial charge in [0.15, 0.2) is 0 Å². The standard InChI is InChI=1S/C16H29O8P3/c1-14(2)8-5-9-15(3)10-6-11-16(4)12-7-13-26(19,20)24-27(21,22)23-25(17)18/h7-8,10,12-13,25H,5-6,9,11H2,1-4H3,(H,17,18)(H,19,20)(H,21,22)/b13-7+,15-10+,16-12+. The highest BCUT2D eigenvalue weighted by Crippen LogP contribution is 2.63. The second kappa shape index (κ2) is 12.8. The van der Waals surface area contributed by atoms with Gasteiger partial charge in [0.1, 0.15) is 0 Å². The Morgan fingerprint density at radius 3 is 2.11 bits per heavy atom. The normalized spacial score (nSPS) is 18.8. The van der Waals surface area contributed by atoms with Crippen molar-refractivity contribution in [3.8, 4) is 0 Å². The second-order valence-electron chi connectivity index (χ2n) is 6.24. The highest BCUT2D eigenvalue weighted by Gasteiger charge is 2.33. The first-order chi connectivity index (χ1) is 12.3. The van der Waals surface area contributed by atoms with Gasteiger partial charge in [-0.1, -0.05) is 41.0 Å². The van der Waals surface area contributed by atoms with Gasteiger partial charge >= 0.3 is 23.7 Å². The summed E-state index contributed by atoms with van der Waals surface area (Å²) in [6, 6.07) is 0. The van der Waals surface area contributed by atoms with Crippen molar-refractivity contribution in [2.45, 2.75) is 53.4 Å². The van der Waals surface area contributed by atoms with Crippen LogP contribution in [0.4, 0.5) is 0 Å². The Kier molecular flexibility index (Phi) is 12.6. The molecule has 0 rings (SSSR count). The van der Waals surface area contributed by atoms with Crippen molar-refractivity contribution >= 4 is 23.7 Å². The summed E-state index contributed by atoms with van der Waals surface area (Å²) in [6.45, 7) is 8.06. The van der Waals surface area contributed by atoms with E-state index in [-0.39, 0.29) is 0 Å². The number of hydrogen-bond acceptors (Lipinski definition) is 5. The summed E-state index contributed by atoms with van der Waals surface area (Å²) in [7, 11) is -13.5. The van der Waals surface area contributed by atoms with E-state index in [1.807, 2.05) is 6.92 Å².